The van der Waals surface area contributed by atoms with E-state index >= 15 is 0 Å². The number of benzene rings is 1. The molecule has 2 atom stereocenters. The Balaban J connectivity index is 1.68. The first kappa shape index (κ1) is 20.3. The normalized spacial score (nSPS) is 25.4. The van der Waals surface area contributed by atoms with Gasteiger partial charge < -0.3 is 10.0 Å². The van der Waals surface area contributed by atoms with Crippen LogP contribution in [-0.2, 0) is 14.8 Å². The monoisotopic (exact) mass is 394 g/mol. The molecular weight excluding hydrogens is 364 g/mol. The van der Waals surface area contributed by atoms with Gasteiger partial charge in [0.2, 0.25) is 15.9 Å². The molecule has 1 aromatic rings. The van der Waals surface area contributed by atoms with Gasteiger partial charge in [0.1, 0.15) is 0 Å². The van der Waals surface area contributed by atoms with Crippen molar-refractivity contribution in [3.05, 3.63) is 24.3 Å². The zero-order valence-electron chi connectivity index (χ0n) is 16.6. The van der Waals surface area contributed by atoms with E-state index in [1.165, 1.54) is 16.1 Å². The van der Waals surface area contributed by atoms with Crippen LogP contribution in [0.3, 0.4) is 0 Å². The van der Waals surface area contributed by atoms with Gasteiger partial charge in [0.25, 0.3) is 0 Å². The summed E-state index contributed by atoms with van der Waals surface area (Å²) in [4.78, 5) is 13.2. The number of amides is 1. The summed E-state index contributed by atoms with van der Waals surface area (Å²) in [6.45, 7) is 6.62. The van der Waals surface area contributed by atoms with Crippen LogP contribution in [0.25, 0.3) is 0 Å². The number of aliphatic hydroxyl groups is 1. The topological polar surface area (TPSA) is 77.9 Å². The van der Waals surface area contributed by atoms with E-state index in [1.807, 2.05) is 0 Å². The molecule has 2 fully saturated rings. The van der Waals surface area contributed by atoms with Gasteiger partial charge in [-0.05, 0) is 60.8 Å². The van der Waals surface area contributed by atoms with Crippen LogP contribution in [0.15, 0.2) is 29.2 Å². The summed E-state index contributed by atoms with van der Waals surface area (Å²) < 4.78 is 27.4. The van der Waals surface area contributed by atoms with Gasteiger partial charge in [0, 0.05) is 32.7 Å². The minimum atomic E-state index is -3.56. The predicted molar refractivity (Wildman–Crippen MR) is 105 cm³/mol. The molecule has 27 heavy (non-hydrogen) atoms. The summed E-state index contributed by atoms with van der Waals surface area (Å²) in [7, 11) is -1.90. The third kappa shape index (κ3) is 3.52. The van der Waals surface area contributed by atoms with E-state index in [0.717, 1.165) is 6.42 Å². The number of piperidine rings is 1. The zero-order valence-corrected chi connectivity index (χ0v) is 17.4. The minimum Gasteiger partial charge on any atom is -0.392 e. The van der Waals surface area contributed by atoms with Gasteiger partial charge in [-0.1, -0.05) is 13.8 Å². The lowest BCUT2D eigenvalue weighted by molar-refractivity contribution is -0.156. The molecule has 2 aliphatic rings. The number of hydrogen-bond donors (Lipinski definition) is 1. The summed E-state index contributed by atoms with van der Waals surface area (Å²) in [6.07, 6.45) is 2.10. The van der Waals surface area contributed by atoms with Crippen molar-refractivity contribution in [1.82, 2.24) is 4.31 Å². The first-order chi connectivity index (χ1) is 12.6. The van der Waals surface area contributed by atoms with Crippen molar-refractivity contribution in [2.75, 3.05) is 25.0 Å². The molecule has 1 heterocycles. The molecule has 1 aliphatic heterocycles. The summed E-state index contributed by atoms with van der Waals surface area (Å²) in [5.74, 6) is 0.684. The van der Waals surface area contributed by atoms with Crippen LogP contribution in [0.4, 0.5) is 5.69 Å². The molecule has 2 unspecified atom stereocenters. The molecule has 1 N–H and O–H groups in total. The lowest BCUT2D eigenvalue weighted by Gasteiger charge is -2.57. The standard InChI is InChI=1S/C20H30N2O4S/c1-14(2)18-13-20(19(18)24)9-11-22(12-10-20)27(25,26)17-7-5-16(6-8-17)21(4)15(3)23/h5-8,14,18-19,24H,9-13H2,1-4H3. The SMILES string of the molecule is CC(=O)N(C)c1ccc(S(=O)(=O)N2CCC3(CC2)CC(C(C)C)C3O)cc1. The number of carbonyl (C=O) groups excluding carboxylic acids is 1. The van der Waals surface area contributed by atoms with Gasteiger partial charge in [-0.3, -0.25) is 4.79 Å². The number of anilines is 1. The highest BCUT2D eigenvalue weighted by Crippen LogP contribution is 2.55. The molecule has 0 aromatic heterocycles. The molecule has 6 nitrogen and oxygen atoms in total. The Morgan fingerprint density at radius 1 is 1.22 bits per heavy atom. The van der Waals surface area contributed by atoms with Gasteiger partial charge in [0.05, 0.1) is 11.0 Å². The number of aliphatic hydroxyl groups excluding tert-OH is 1. The number of hydrogen-bond acceptors (Lipinski definition) is 4. The Morgan fingerprint density at radius 3 is 2.22 bits per heavy atom. The maximum absolute atomic E-state index is 13.0. The zero-order chi connectivity index (χ0) is 20.0. The van der Waals surface area contributed by atoms with Crippen molar-refractivity contribution in [1.29, 1.82) is 0 Å². The Bertz CT molecular complexity index is 796. The predicted octanol–water partition coefficient (Wildman–Crippen LogP) is 2.48. The van der Waals surface area contributed by atoms with Crippen molar-refractivity contribution >= 4 is 21.6 Å². The second-order valence-electron chi connectivity index (χ2n) is 8.40. The summed E-state index contributed by atoms with van der Waals surface area (Å²) in [6, 6.07) is 6.42. The Hall–Kier alpha value is -1.44. The lowest BCUT2D eigenvalue weighted by atomic mass is 9.53. The third-order valence-corrected chi connectivity index (χ3v) is 8.50. The fourth-order valence-corrected chi connectivity index (χ4v) is 5.88. The van der Waals surface area contributed by atoms with E-state index in [9.17, 15) is 18.3 Å². The fourth-order valence-electron chi connectivity index (χ4n) is 4.44. The number of nitrogens with zero attached hydrogens (tertiary/aromatic N) is 2. The fraction of sp³-hybridized carbons (Fsp3) is 0.650. The van der Waals surface area contributed by atoms with E-state index in [1.54, 1.807) is 31.3 Å². The Labute approximate surface area is 162 Å². The first-order valence-electron chi connectivity index (χ1n) is 9.61. The van der Waals surface area contributed by atoms with Crippen LogP contribution >= 0.6 is 0 Å². The van der Waals surface area contributed by atoms with E-state index in [-0.39, 0.29) is 22.3 Å². The third-order valence-electron chi connectivity index (χ3n) is 6.58. The molecule has 0 bridgehead atoms. The molecule has 1 spiro atoms. The van der Waals surface area contributed by atoms with E-state index in [4.69, 9.17) is 0 Å². The van der Waals surface area contributed by atoms with Gasteiger partial charge >= 0.3 is 0 Å². The van der Waals surface area contributed by atoms with Crippen molar-refractivity contribution in [2.45, 2.75) is 51.0 Å². The van der Waals surface area contributed by atoms with Crippen LogP contribution < -0.4 is 4.90 Å². The average Bonchev–Trinajstić information content (AvgIpc) is 2.65. The van der Waals surface area contributed by atoms with Gasteiger partial charge in [-0.25, -0.2) is 8.42 Å². The van der Waals surface area contributed by atoms with Crippen molar-refractivity contribution in [3.8, 4) is 0 Å². The number of sulfonamides is 1. The molecule has 1 saturated heterocycles. The van der Waals surface area contributed by atoms with Crippen LogP contribution in [-0.4, -0.2) is 50.0 Å². The summed E-state index contributed by atoms with van der Waals surface area (Å²) in [5.41, 5.74) is 0.561. The largest absolute Gasteiger partial charge is 0.392 e. The highest BCUT2D eigenvalue weighted by Gasteiger charge is 2.55. The summed E-state index contributed by atoms with van der Waals surface area (Å²) >= 11 is 0. The van der Waals surface area contributed by atoms with Crippen LogP contribution in [0.5, 0.6) is 0 Å². The maximum atomic E-state index is 13.0. The Kier molecular flexibility index (Phi) is 5.40. The van der Waals surface area contributed by atoms with Crippen molar-refractivity contribution in [2.24, 2.45) is 17.3 Å². The second kappa shape index (κ2) is 7.18. The van der Waals surface area contributed by atoms with E-state index in [0.29, 0.717) is 43.5 Å². The molecule has 1 aliphatic carbocycles. The van der Waals surface area contributed by atoms with Crippen molar-refractivity contribution in [3.63, 3.8) is 0 Å². The number of rotatable bonds is 4. The van der Waals surface area contributed by atoms with Crippen LogP contribution in [0.1, 0.15) is 40.0 Å². The first-order valence-corrected chi connectivity index (χ1v) is 11.0. The highest BCUT2D eigenvalue weighted by atomic mass is 32.2. The molecule has 1 saturated carbocycles. The molecule has 150 valence electrons. The summed E-state index contributed by atoms with van der Waals surface area (Å²) in [5, 5.41) is 10.6. The van der Waals surface area contributed by atoms with E-state index < -0.39 is 10.0 Å². The van der Waals surface area contributed by atoms with Crippen LogP contribution in [0, 0.1) is 17.3 Å². The van der Waals surface area contributed by atoms with Crippen molar-refractivity contribution < 1.29 is 18.3 Å². The van der Waals surface area contributed by atoms with Gasteiger partial charge in [-0.2, -0.15) is 4.31 Å². The molecule has 0 radical (unpaired) electrons. The highest BCUT2D eigenvalue weighted by molar-refractivity contribution is 7.89. The van der Waals surface area contributed by atoms with E-state index in [2.05, 4.69) is 13.8 Å². The average molecular weight is 395 g/mol. The molecule has 1 aromatic carbocycles. The second-order valence-corrected chi connectivity index (χ2v) is 10.3. The maximum Gasteiger partial charge on any atom is 0.243 e. The van der Waals surface area contributed by atoms with Gasteiger partial charge in [0.15, 0.2) is 0 Å². The number of carbonyl (C=O) groups is 1. The molecular formula is C20H30N2O4S. The Morgan fingerprint density at radius 2 is 1.78 bits per heavy atom. The molecule has 3 rings (SSSR count). The minimum absolute atomic E-state index is 0.102. The molecule has 7 heteroatoms. The van der Waals surface area contributed by atoms with Crippen LogP contribution in [0.2, 0.25) is 0 Å². The van der Waals surface area contributed by atoms with Gasteiger partial charge in [-0.15, -0.1) is 0 Å². The quantitative estimate of drug-likeness (QED) is 0.851. The molecule has 1 amide bonds. The smallest absolute Gasteiger partial charge is 0.243 e. The lowest BCUT2D eigenvalue weighted by Crippen LogP contribution is -2.59.